The summed E-state index contributed by atoms with van der Waals surface area (Å²) in [5.41, 5.74) is 2.01. The summed E-state index contributed by atoms with van der Waals surface area (Å²) >= 11 is 13.7. The van der Waals surface area contributed by atoms with Crippen molar-refractivity contribution in [3.8, 4) is 34.4 Å². The van der Waals surface area contributed by atoms with E-state index in [1.807, 2.05) is 43.3 Å². The molecule has 308 valence electrons. The molecule has 0 spiro atoms. The Labute approximate surface area is 348 Å². The molecule has 58 heavy (non-hydrogen) atoms. The van der Waals surface area contributed by atoms with Gasteiger partial charge in [0.25, 0.3) is 0 Å². The topological polar surface area (TPSA) is 184 Å². The number of hydrogen-bond acceptors (Lipinski definition) is 12. The second-order valence-electron chi connectivity index (χ2n) is 14.3. The van der Waals surface area contributed by atoms with Crippen molar-refractivity contribution in [3.63, 3.8) is 0 Å². The second-order valence-corrected chi connectivity index (χ2v) is 15.1. The Morgan fingerprint density at radius 2 is 1.71 bits per heavy atom. The number of benzene rings is 3. The molecule has 1 fully saturated rings. The lowest BCUT2D eigenvalue weighted by molar-refractivity contribution is -0.170. The number of ether oxygens (including phenoxy) is 4. The summed E-state index contributed by atoms with van der Waals surface area (Å²) in [7, 11) is 0. The van der Waals surface area contributed by atoms with Gasteiger partial charge in [0.05, 0.1) is 35.4 Å². The Morgan fingerprint density at radius 3 is 2.41 bits per heavy atom. The minimum Gasteiger partial charge on any atom is -0.492 e. The van der Waals surface area contributed by atoms with Crippen molar-refractivity contribution in [3.05, 3.63) is 105 Å². The third-order valence-electron chi connectivity index (χ3n) is 10.2. The monoisotopic (exact) mass is 834 g/mol. The molecule has 3 aromatic carbocycles. The molecular formula is C43H48Cl2N4O9. The SMILES string of the molecule is CCOC(=O)C1(O)CCN(CCCOc2cccc(-c3cccc(COc4cc(OCc5cncc(C#N)c5)c(CN[C@](C)(CO)C(=O)O)cc4Cl)c3C)c2Cl)CC1. The van der Waals surface area contributed by atoms with Crippen LogP contribution in [0.5, 0.6) is 17.2 Å². The number of rotatable bonds is 19. The van der Waals surface area contributed by atoms with Gasteiger partial charge >= 0.3 is 11.9 Å². The number of aliphatic hydroxyl groups excluding tert-OH is 1. The quantitative estimate of drug-likeness (QED) is 0.0596. The molecular weight excluding hydrogens is 787 g/mol. The first-order valence-electron chi connectivity index (χ1n) is 18.9. The number of nitrogens with zero attached hydrogens (tertiary/aromatic N) is 3. The van der Waals surface area contributed by atoms with Crippen LogP contribution in [0.1, 0.15) is 60.9 Å². The van der Waals surface area contributed by atoms with Crippen LogP contribution in [-0.2, 0) is 34.1 Å². The number of piperidine rings is 1. The van der Waals surface area contributed by atoms with Crippen molar-refractivity contribution in [1.29, 1.82) is 5.26 Å². The fourth-order valence-electron chi connectivity index (χ4n) is 6.44. The minimum atomic E-state index is -1.61. The molecule has 1 saturated heterocycles. The Hall–Kier alpha value is -4.94. The maximum absolute atomic E-state index is 12.1. The standard InChI is InChI=1S/C43H48Cl2N4O9/c1-4-55-41(53)43(54)12-15-49(16-13-43)14-7-17-56-36-11-6-10-34(39(36)45)33-9-5-8-31(28(33)2)26-58-38-20-37(57-25-30-18-29(21-46)22-47-23-30)32(19-35(38)44)24-48-42(3,27-50)40(51)52/h5-6,8-11,18-20,22-23,48,50,54H,4,7,12-17,24-27H2,1-3H3,(H,51,52)/t42-/m1/s1. The fourth-order valence-corrected chi connectivity index (χ4v) is 6.96. The van der Waals surface area contributed by atoms with Gasteiger partial charge in [-0.25, -0.2) is 4.79 Å². The lowest BCUT2D eigenvalue weighted by atomic mass is 9.91. The number of hydrogen-bond donors (Lipinski definition) is 4. The largest absolute Gasteiger partial charge is 0.492 e. The third-order valence-corrected chi connectivity index (χ3v) is 10.9. The highest BCUT2D eigenvalue weighted by Crippen LogP contribution is 2.39. The Bertz CT molecular complexity index is 2120. The van der Waals surface area contributed by atoms with Crippen LogP contribution in [0.25, 0.3) is 11.1 Å². The Balaban J connectivity index is 1.26. The van der Waals surface area contributed by atoms with Crippen LogP contribution in [0, 0.1) is 18.3 Å². The summed E-state index contributed by atoms with van der Waals surface area (Å²) in [6.07, 6.45) is 4.42. The number of aliphatic carboxylic acids is 1. The summed E-state index contributed by atoms with van der Waals surface area (Å²) < 4.78 is 23.6. The van der Waals surface area contributed by atoms with Crippen LogP contribution in [0.2, 0.25) is 10.0 Å². The lowest BCUT2D eigenvalue weighted by Gasteiger charge is -2.36. The van der Waals surface area contributed by atoms with Crippen LogP contribution in [0.15, 0.2) is 67.0 Å². The number of nitrogens with one attached hydrogen (secondary N) is 1. The van der Waals surface area contributed by atoms with Gasteiger partial charge in [-0.05, 0) is 74.9 Å². The highest BCUT2D eigenvalue weighted by atomic mass is 35.5. The van der Waals surface area contributed by atoms with Crippen LogP contribution < -0.4 is 19.5 Å². The van der Waals surface area contributed by atoms with Crippen molar-refractivity contribution >= 4 is 35.1 Å². The molecule has 0 saturated carbocycles. The van der Waals surface area contributed by atoms with Gasteiger partial charge in [-0.3, -0.25) is 15.1 Å². The lowest BCUT2D eigenvalue weighted by Crippen LogP contribution is -2.52. The molecule has 13 nitrogen and oxygen atoms in total. The summed E-state index contributed by atoms with van der Waals surface area (Å²) in [5.74, 6) is -0.539. The number of carboxylic acid groups (broad SMARTS) is 1. The van der Waals surface area contributed by atoms with Gasteiger partial charge in [-0.15, -0.1) is 0 Å². The van der Waals surface area contributed by atoms with Gasteiger partial charge in [0, 0.05) is 61.3 Å². The van der Waals surface area contributed by atoms with E-state index in [4.69, 9.17) is 42.1 Å². The number of carboxylic acids is 1. The van der Waals surface area contributed by atoms with Crippen molar-refractivity contribution in [2.75, 3.05) is 39.5 Å². The fraction of sp³-hybridized carbons (Fsp3) is 0.395. The van der Waals surface area contributed by atoms with Crippen molar-refractivity contribution in [2.24, 2.45) is 0 Å². The van der Waals surface area contributed by atoms with Crippen LogP contribution >= 0.6 is 23.2 Å². The van der Waals surface area contributed by atoms with Gasteiger partial charge in [-0.1, -0.05) is 53.5 Å². The van der Waals surface area contributed by atoms with E-state index >= 15 is 0 Å². The summed E-state index contributed by atoms with van der Waals surface area (Å²) in [4.78, 5) is 30.3. The molecule has 4 aromatic rings. The van der Waals surface area contributed by atoms with E-state index in [0.29, 0.717) is 71.5 Å². The normalized spacial score (nSPS) is 14.9. The van der Waals surface area contributed by atoms with E-state index < -0.39 is 29.7 Å². The molecule has 4 N–H and O–H groups in total. The molecule has 0 aliphatic carbocycles. The Morgan fingerprint density at radius 1 is 0.983 bits per heavy atom. The first-order chi connectivity index (χ1) is 27.8. The summed E-state index contributed by atoms with van der Waals surface area (Å²) in [6, 6.07) is 18.5. The third kappa shape index (κ3) is 11.0. The smallest absolute Gasteiger partial charge is 0.338 e. The predicted octanol–water partition coefficient (Wildman–Crippen LogP) is 6.48. The van der Waals surface area contributed by atoms with Gasteiger partial charge < -0.3 is 39.2 Å². The number of aromatic nitrogens is 1. The number of halogens is 2. The molecule has 15 heteroatoms. The molecule has 1 aliphatic heterocycles. The van der Waals surface area contributed by atoms with E-state index in [-0.39, 0.29) is 31.4 Å². The number of carbonyl (C=O) groups is 2. The second kappa shape index (κ2) is 20.2. The molecule has 1 aromatic heterocycles. The van der Waals surface area contributed by atoms with Gasteiger partial charge in [0.2, 0.25) is 0 Å². The highest BCUT2D eigenvalue weighted by molar-refractivity contribution is 6.35. The minimum absolute atomic E-state index is 0.00205. The zero-order chi connectivity index (χ0) is 41.9. The van der Waals surface area contributed by atoms with E-state index in [2.05, 4.69) is 21.3 Å². The zero-order valence-corrected chi connectivity index (χ0v) is 34.2. The summed E-state index contributed by atoms with van der Waals surface area (Å²) in [5, 5.41) is 43.0. The first kappa shape index (κ1) is 44.2. The molecule has 1 atom stereocenters. The predicted molar refractivity (Wildman–Crippen MR) is 218 cm³/mol. The molecule has 1 aliphatic rings. The maximum atomic E-state index is 12.1. The van der Waals surface area contributed by atoms with E-state index in [1.54, 1.807) is 31.3 Å². The number of carbonyl (C=O) groups excluding carboxylic acids is 1. The van der Waals surface area contributed by atoms with Crippen LogP contribution in [0.4, 0.5) is 0 Å². The number of esters is 1. The van der Waals surface area contributed by atoms with Crippen molar-refractivity contribution in [2.45, 2.75) is 70.9 Å². The van der Waals surface area contributed by atoms with Crippen molar-refractivity contribution in [1.82, 2.24) is 15.2 Å². The molecule has 0 unspecified atom stereocenters. The van der Waals surface area contributed by atoms with E-state index in [0.717, 1.165) is 35.2 Å². The van der Waals surface area contributed by atoms with E-state index in [1.165, 1.54) is 13.1 Å². The van der Waals surface area contributed by atoms with Crippen LogP contribution in [0.3, 0.4) is 0 Å². The van der Waals surface area contributed by atoms with Gasteiger partial charge in [0.15, 0.2) is 5.60 Å². The van der Waals surface area contributed by atoms with Gasteiger partial charge in [-0.2, -0.15) is 5.26 Å². The Kier molecular flexibility index (Phi) is 15.3. The van der Waals surface area contributed by atoms with E-state index in [9.17, 15) is 30.2 Å². The number of pyridine rings is 1. The van der Waals surface area contributed by atoms with Crippen molar-refractivity contribution < 1.29 is 43.9 Å². The summed E-state index contributed by atoms with van der Waals surface area (Å²) in [6.45, 7) is 7.23. The molecule has 0 radical (unpaired) electrons. The maximum Gasteiger partial charge on any atom is 0.338 e. The average molecular weight is 836 g/mol. The number of likely N-dealkylation sites (tertiary alicyclic amines) is 1. The molecule has 5 rings (SSSR count). The molecule has 0 amide bonds. The highest BCUT2D eigenvalue weighted by Gasteiger charge is 2.40. The first-order valence-corrected chi connectivity index (χ1v) is 19.7. The molecule has 2 heterocycles. The number of aliphatic hydroxyl groups is 2. The number of nitriles is 1. The van der Waals surface area contributed by atoms with Gasteiger partial charge in [0.1, 0.15) is 42.1 Å². The zero-order valence-electron chi connectivity index (χ0n) is 32.7. The average Bonchev–Trinajstić information content (AvgIpc) is 3.22. The molecule has 0 bridgehead atoms. The van der Waals surface area contributed by atoms with Crippen LogP contribution in [-0.4, -0.2) is 87.7 Å².